The first-order valence-electron chi connectivity index (χ1n) is 16.3. The fourth-order valence-corrected chi connectivity index (χ4v) is 6.19. The van der Waals surface area contributed by atoms with Gasteiger partial charge in [-0.3, -0.25) is 9.48 Å². The second-order valence-corrected chi connectivity index (χ2v) is 11.8. The average molecular weight is 647 g/mol. The van der Waals surface area contributed by atoms with Gasteiger partial charge in [-0.25, -0.2) is 14.3 Å². The van der Waals surface area contributed by atoms with Gasteiger partial charge in [-0.1, -0.05) is 80.4 Å². The minimum absolute atomic E-state index is 0.125. The molecule has 6 rings (SSSR count). The van der Waals surface area contributed by atoms with E-state index in [1.54, 1.807) is 41.9 Å². The van der Waals surface area contributed by atoms with Gasteiger partial charge < -0.3 is 9.47 Å². The molecule has 0 amide bonds. The van der Waals surface area contributed by atoms with Gasteiger partial charge in [0.25, 0.3) is 5.56 Å². The Bertz CT molecular complexity index is 1970. The Morgan fingerprint density at radius 3 is 2.33 bits per heavy atom. The van der Waals surface area contributed by atoms with Crippen LogP contribution in [0.3, 0.4) is 0 Å². The predicted molar refractivity (Wildman–Crippen MR) is 181 cm³/mol. The van der Waals surface area contributed by atoms with Crippen LogP contribution in [0.2, 0.25) is 0 Å². The lowest BCUT2D eigenvalue weighted by Gasteiger charge is -2.27. The number of carbonyl (C=O) groups is 2. The highest BCUT2D eigenvalue weighted by Crippen LogP contribution is 2.31. The standard InChI is InChI=1S/C37H38N6O5/c1-4-6-7-12-32-31(23-25-14-16-26(17-15-25)29-10-8-9-11-30(29)34-38-40-41-39-34)35(44)43-33(22-13-24(3)42(32)43)37(46)48-28-20-18-27(19-21-28)36(45)47-5-2/h8-11,13-22,24,33H,4-7,12,23H2,1-3H3,(H,38,39,40,41). The fraction of sp³-hybridized carbons (Fsp3) is 0.297. The van der Waals surface area contributed by atoms with Gasteiger partial charge in [0.1, 0.15) is 5.75 Å². The summed E-state index contributed by atoms with van der Waals surface area (Å²) in [6, 6.07) is 21.2. The maximum absolute atomic E-state index is 14.3. The number of hydrogen-bond donors (Lipinski definition) is 1. The molecular formula is C37H38N6O5. The summed E-state index contributed by atoms with van der Waals surface area (Å²) in [6.07, 6.45) is 7.82. The van der Waals surface area contributed by atoms with Crippen LogP contribution >= 0.6 is 0 Å². The maximum atomic E-state index is 14.3. The molecule has 5 aromatic rings. The van der Waals surface area contributed by atoms with Crippen molar-refractivity contribution < 1.29 is 19.1 Å². The molecule has 11 heteroatoms. The first kappa shape index (κ1) is 32.4. The minimum Gasteiger partial charge on any atom is -0.462 e. The van der Waals surface area contributed by atoms with Gasteiger partial charge in [-0.15, -0.1) is 10.2 Å². The normalized spacial score (nSPS) is 15.2. The molecular weight excluding hydrogens is 608 g/mol. The number of nitrogens with zero attached hydrogens (tertiary/aromatic N) is 5. The zero-order valence-corrected chi connectivity index (χ0v) is 27.3. The first-order chi connectivity index (χ1) is 23.4. The quantitative estimate of drug-likeness (QED) is 0.0725. The third-order valence-electron chi connectivity index (χ3n) is 8.55. The number of tetrazole rings is 1. The smallest absolute Gasteiger partial charge is 0.340 e. The van der Waals surface area contributed by atoms with Crippen LogP contribution in [0.15, 0.2) is 89.7 Å². The molecule has 0 aliphatic carbocycles. The number of fused-ring (bicyclic) bond motifs is 1. The summed E-state index contributed by atoms with van der Waals surface area (Å²) in [4.78, 5) is 39.9. The number of unbranched alkanes of at least 4 members (excludes halogenated alkanes) is 2. The molecule has 0 saturated heterocycles. The molecule has 1 aliphatic rings. The van der Waals surface area contributed by atoms with Crippen LogP contribution in [-0.2, 0) is 22.4 Å². The van der Waals surface area contributed by atoms with Crippen molar-refractivity contribution in [3.8, 4) is 28.3 Å². The number of aromatic amines is 1. The van der Waals surface area contributed by atoms with Gasteiger partial charge in [0.2, 0.25) is 5.82 Å². The zero-order chi connectivity index (χ0) is 33.6. The van der Waals surface area contributed by atoms with Crippen LogP contribution in [0.1, 0.15) is 79.3 Å². The lowest BCUT2D eigenvalue weighted by Crippen LogP contribution is -2.37. The van der Waals surface area contributed by atoms with Crippen LogP contribution in [0.4, 0.5) is 0 Å². The van der Waals surface area contributed by atoms with E-state index in [0.29, 0.717) is 23.4 Å². The van der Waals surface area contributed by atoms with Gasteiger partial charge in [-0.05, 0) is 72.9 Å². The van der Waals surface area contributed by atoms with Crippen molar-refractivity contribution in [1.82, 2.24) is 30.0 Å². The molecule has 0 spiro atoms. The molecule has 0 saturated carbocycles. The molecule has 2 unspecified atom stereocenters. The number of allylic oxidation sites excluding steroid dienone is 1. The van der Waals surface area contributed by atoms with Crippen molar-refractivity contribution >= 4 is 11.9 Å². The van der Waals surface area contributed by atoms with E-state index in [1.165, 1.54) is 0 Å². The minimum atomic E-state index is -0.943. The van der Waals surface area contributed by atoms with Crippen LogP contribution in [0.25, 0.3) is 22.5 Å². The van der Waals surface area contributed by atoms with E-state index in [0.717, 1.165) is 53.6 Å². The Kier molecular flexibility index (Phi) is 9.75. The third kappa shape index (κ3) is 6.62. The summed E-state index contributed by atoms with van der Waals surface area (Å²) in [5.74, 6) is -0.242. The lowest BCUT2D eigenvalue weighted by atomic mass is 9.96. The summed E-state index contributed by atoms with van der Waals surface area (Å²) in [5.41, 5.74) is 5.58. The van der Waals surface area contributed by atoms with Crippen LogP contribution in [0, 0.1) is 0 Å². The summed E-state index contributed by atoms with van der Waals surface area (Å²) >= 11 is 0. The SMILES string of the molecule is CCCCCc1c(Cc2ccc(-c3ccccc3-c3nn[nH]n3)cc2)c(=O)n2n1C(C)C=CC2C(=O)Oc1ccc(C(=O)OCC)cc1. The number of ether oxygens (including phenoxy) is 2. The average Bonchev–Trinajstić information content (AvgIpc) is 3.74. The second-order valence-electron chi connectivity index (χ2n) is 11.8. The van der Waals surface area contributed by atoms with E-state index in [-0.39, 0.29) is 24.0 Å². The number of carbonyl (C=O) groups excluding carboxylic acids is 2. The topological polar surface area (TPSA) is 134 Å². The van der Waals surface area contributed by atoms with E-state index < -0.39 is 18.0 Å². The van der Waals surface area contributed by atoms with Crippen molar-refractivity contribution in [3.05, 3.63) is 118 Å². The van der Waals surface area contributed by atoms with E-state index in [4.69, 9.17) is 9.47 Å². The molecule has 3 heterocycles. The van der Waals surface area contributed by atoms with E-state index in [9.17, 15) is 14.4 Å². The first-order valence-corrected chi connectivity index (χ1v) is 16.3. The Hall–Kier alpha value is -5.58. The Morgan fingerprint density at radius 1 is 0.896 bits per heavy atom. The van der Waals surface area contributed by atoms with Gasteiger partial charge in [0.15, 0.2) is 6.04 Å². The van der Waals surface area contributed by atoms with Crippen molar-refractivity contribution in [3.63, 3.8) is 0 Å². The van der Waals surface area contributed by atoms with Crippen molar-refractivity contribution in [2.45, 2.75) is 65.0 Å². The van der Waals surface area contributed by atoms with Crippen molar-refractivity contribution in [2.75, 3.05) is 6.61 Å². The molecule has 11 nitrogen and oxygen atoms in total. The molecule has 246 valence electrons. The molecule has 3 aromatic carbocycles. The number of rotatable bonds is 12. The largest absolute Gasteiger partial charge is 0.462 e. The molecule has 0 bridgehead atoms. The van der Waals surface area contributed by atoms with E-state index in [1.807, 2.05) is 66.2 Å². The molecule has 0 fully saturated rings. The summed E-state index contributed by atoms with van der Waals surface area (Å²) < 4.78 is 14.3. The number of aromatic nitrogens is 6. The predicted octanol–water partition coefficient (Wildman–Crippen LogP) is 6.27. The Labute approximate surface area is 278 Å². The highest BCUT2D eigenvalue weighted by molar-refractivity contribution is 5.89. The van der Waals surface area contributed by atoms with Crippen molar-refractivity contribution in [1.29, 1.82) is 0 Å². The molecule has 1 N–H and O–H groups in total. The summed E-state index contributed by atoms with van der Waals surface area (Å²) in [6.45, 7) is 6.17. The molecule has 1 aliphatic heterocycles. The van der Waals surface area contributed by atoms with Gasteiger partial charge in [0.05, 0.1) is 18.2 Å². The second kappa shape index (κ2) is 14.5. The van der Waals surface area contributed by atoms with E-state index >= 15 is 0 Å². The van der Waals surface area contributed by atoms with Crippen LogP contribution in [-0.4, -0.2) is 48.5 Å². The van der Waals surface area contributed by atoms with Gasteiger partial charge >= 0.3 is 11.9 Å². The van der Waals surface area contributed by atoms with Gasteiger partial charge in [-0.2, -0.15) is 5.21 Å². The monoisotopic (exact) mass is 646 g/mol. The van der Waals surface area contributed by atoms with Gasteiger partial charge in [0, 0.05) is 23.2 Å². The Morgan fingerprint density at radius 2 is 1.65 bits per heavy atom. The maximum Gasteiger partial charge on any atom is 0.340 e. The van der Waals surface area contributed by atoms with Crippen LogP contribution < -0.4 is 10.3 Å². The number of esters is 2. The summed E-state index contributed by atoms with van der Waals surface area (Å²) in [5, 5.41) is 14.5. The van der Waals surface area contributed by atoms with Crippen LogP contribution in [0.5, 0.6) is 5.75 Å². The third-order valence-corrected chi connectivity index (χ3v) is 8.55. The molecule has 2 atom stereocenters. The molecule has 48 heavy (non-hydrogen) atoms. The Balaban J connectivity index is 1.30. The van der Waals surface area contributed by atoms with Crippen molar-refractivity contribution in [2.24, 2.45) is 0 Å². The molecule has 2 aromatic heterocycles. The van der Waals surface area contributed by atoms with E-state index in [2.05, 4.69) is 27.5 Å². The summed E-state index contributed by atoms with van der Waals surface area (Å²) in [7, 11) is 0. The fourth-order valence-electron chi connectivity index (χ4n) is 6.19. The lowest BCUT2D eigenvalue weighted by molar-refractivity contribution is -0.137. The highest BCUT2D eigenvalue weighted by Gasteiger charge is 2.33. The zero-order valence-electron chi connectivity index (χ0n) is 27.3. The number of hydrogen-bond acceptors (Lipinski definition) is 8. The number of H-pyrrole nitrogens is 1. The number of benzene rings is 3. The highest BCUT2D eigenvalue weighted by atomic mass is 16.5. The molecule has 0 radical (unpaired) electrons. The number of nitrogens with one attached hydrogen (secondary N) is 1.